The van der Waals surface area contributed by atoms with Gasteiger partial charge in [0.25, 0.3) is 5.91 Å². The summed E-state index contributed by atoms with van der Waals surface area (Å²) in [6, 6.07) is 7.56. The van der Waals surface area contributed by atoms with Crippen molar-refractivity contribution in [2.24, 2.45) is 0 Å². The highest BCUT2D eigenvalue weighted by Gasteiger charge is 2.09. The lowest BCUT2D eigenvalue weighted by Crippen LogP contribution is -2.23. The molecule has 0 spiro atoms. The lowest BCUT2D eigenvalue weighted by molar-refractivity contribution is 0.0958. The Bertz CT molecular complexity index is 659. The number of hydrogen-bond donors (Lipinski definition) is 1. The van der Waals surface area contributed by atoms with Crippen LogP contribution in [0.1, 0.15) is 27.3 Å². The molecule has 0 aliphatic rings. The number of rotatable bonds is 5. The van der Waals surface area contributed by atoms with Gasteiger partial charge in [0, 0.05) is 12.1 Å². The Morgan fingerprint density at radius 2 is 2.05 bits per heavy atom. The van der Waals surface area contributed by atoms with Crippen molar-refractivity contribution in [3.05, 3.63) is 63.9 Å². The highest BCUT2D eigenvalue weighted by Crippen LogP contribution is 2.20. The van der Waals surface area contributed by atoms with E-state index in [9.17, 15) is 4.79 Å². The van der Waals surface area contributed by atoms with E-state index in [-0.39, 0.29) is 5.91 Å². The van der Waals surface area contributed by atoms with Gasteiger partial charge >= 0.3 is 0 Å². The fourth-order valence-electron chi connectivity index (χ4n) is 2.03. The Morgan fingerprint density at radius 3 is 2.57 bits per heavy atom. The van der Waals surface area contributed by atoms with E-state index in [2.05, 4.69) is 32.9 Å². The van der Waals surface area contributed by atoms with Crippen LogP contribution < -0.4 is 5.32 Å². The summed E-state index contributed by atoms with van der Waals surface area (Å²) in [4.78, 5) is 11.8. The second-order valence-electron chi connectivity index (χ2n) is 4.84. The molecule has 0 aliphatic heterocycles. The molecule has 1 heterocycles. The Balaban J connectivity index is 2.10. The molecule has 1 amide bonds. The molecule has 0 fully saturated rings. The van der Waals surface area contributed by atoms with Crippen LogP contribution in [0.15, 0.2) is 41.4 Å². The van der Waals surface area contributed by atoms with E-state index in [0.29, 0.717) is 18.7 Å². The maximum Gasteiger partial charge on any atom is 0.251 e. The third kappa shape index (κ3) is 3.61. The summed E-state index contributed by atoms with van der Waals surface area (Å²) in [7, 11) is 0. The molecule has 1 aromatic heterocycles. The van der Waals surface area contributed by atoms with Gasteiger partial charge in [-0.25, -0.2) is 0 Å². The fourth-order valence-corrected chi connectivity index (χ4v) is 2.31. The average Bonchev–Trinajstić information content (AvgIpc) is 2.73. The molecular weight excluding hydrogens is 330 g/mol. The SMILES string of the molecule is C=CCNC(=O)c1ccc(Cn2nc(C)c(Br)c2C)cc1. The smallest absolute Gasteiger partial charge is 0.251 e. The van der Waals surface area contributed by atoms with E-state index in [1.807, 2.05) is 42.8 Å². The number of hydrogen-bond acceptors (Lipinski definition) is 2. The van der Waals surface area contributed by atoms with Crippen molar-refractivity contribution >= 4 is 21.8 Å². The number of amides is 1. The summed E-state index contributed by atoms with van der Waals surface area (Å²) < 4.78 is 2.99. The predicted octanol–water partition coefficient (Wildman–Crippen LogP) is 3.23. The van der Waals surface area contributed by atoms with Gasteiger partial charge in [-0.2, -0.15) is 5.10 Å². The third-order valence-corrected chi connectivity index (χ3v) is 4.40. The minimum absolute atomic E-state index is 0.0877. The highest BCUT2D eigenvalue weighted by atomic mass is 79.9. The third-order valence-electron chi connectivity index (χ3n) is 3.25. The molecule has 1 N–H and O–H groups in total. The van der Waals surface area contributed by atoms with Gasteiger partial charge in [-0.15, -0.1) is 6.58 Å². The number of aromatic nitrogens is 2. The largest absolute Gasteiger partial charge is 0.349 e. The van der Waals surface area contributed by atoms with E-state index in [1.54, 1.807) is 6.08 Å². The van der Waals surface area contributed by atoms with Gasteiger partial charge in [-0.05, 0) is 47.5 Å². The van der Waals surface area contributed by atoms with Crippen LogP contribution in [0.4, 0.5) is 0 Å². The van der Waals surface area contributed by atoms with Crippen molar-refractivity contribution in [2.45, 2.75) is 20.4 Å². The minimum atomic E-state index is -0.0877. The lowest BCUT2D eigenvalue weighted by Gasteiger charge is -2.06. The number of carbonyl (C=O) groups excluding carboxylic acids is 1. The van der Waals surface area contributed by atoms with Gasteiger partial charge in [0.05, 0.1) is 22.4 Å². The molecular formula is C16H18BrN3O. The van der Waals surface area contributed by atoms with E-state index >= 15 is 0 Å². The molecule has 2 rings (SSSR count). The van der Waals surface area contributed by atoms with Gasteiger partial charge in [-0.1, -0.05) is 18.2 Å². The lowest BCUT2D eigenvalue weighted by atomic mass is 10.1. The quantitative estimate of drug-likeness (QED) is 0.844. The van der Waals surface area contributed by atoms with Gasteiger partial charge in [0.2, 0.25) is 0 Å². The van der Waals surface area contributed by atoms with Crippen molar-refractivity contribution in [3.63, 3.8) is 0 Å². The molecule has 110 valence electrons. The van der Waals surface area contributed by atoms with Crippen molar-refractivity contribution in [1.82, 2.24) is 15.1 Å². The first-order valence-electron chi connectivity index (χ1n) is 6.70. The molecule has 0 saturated carbocycles. The van der Waals surface area contributed by atoms with Gasteiger partial charge < -0.3 is 5.32 Å². The van der Waals surface area contributed by atoms with Crippen LogP contribution in [-0.2, 0) is 6.54 Å². The van der Waals surface area contributed by atoms with Gasteiger partial charge in [0.1, 0.15) is 0 Å². The first-order chi connectivity index (χ1) is 10.0. The number of halogens is 1. The normalized spacial score (nSPS) is 10.4. The maximum atomic E-state index is 11.8. The summed E-state index contributed by atoms with van der Waals surface area (Å²) in [5.41, 5.74) is 3.83. The first kappa shape index (κ1) is 15.5. The van der Waals surface area contributed by atoms with E-state index in [4.69, 9.17) is 0 Å². The molecule has 0 unspecified atom stereocenters. The summed E-state index contributed by atoms with van der Waals surface area (Å²) in [6.07, 6.45) is 1.66. The van der Waals surface area contributed by atoms with Gasteiger partial charge in [-0.3, -0.25) is 9.48 Å². The second-order valence-corrected chi connectivity index (χ2v) is 5.63. The summed E-state index contributed by atoms with van der Waals surface area (Å²) >= 11 is 3.52. The summed E-state index contributed by atoms with van der Waals surface area (Å²) in [5.74, 6) is -0.0877. The molecule has 4 nitrogen and oxygen atoms in total. The predicted molar refractivity (Wildman–Crippen MR) is 87.5 cm³/mol. The van der Waals surface area contributed by atoms with Crippen molar-refractivity contribution < 1.29 is 4.79 Å². The average molecular weight is 348 g/mol. The second kappa shape index (κ2) is 6.72. The van der Waals surface area contributed by atoms with Crippen molar-refractivity contribution in [3.8, 4) is 0 Å². The number of nitrogens with one attached hydrogen (secondary N) is 1. The fraction of sp³-hybridized carbons (Fsp3) is 0.250. The zero-order valence-corrected chi connectivity index (χ0v) is 13.8. The molecule has 0 radical (unpaired) electrons. The molecule has 1 aromatic carbocycles. The Morgan fingerprint density at radius 1 is 1.38 bits per heavy atom. The van der Waals surface area contributed by atoms with Crippen molar-refractivity contribution in [1.29, 1.82) is 0 Å². The van der Waals surface area contributed by atoms with Crippen LogP contribution in [0, 0.1) is 13.8 Å². The van der Waals surface area contributed by atoms with Crippen LogP contribution in [0.5, 0.6) is 0 Å². The minimum Gasteiger partial charge on any atom is -0.349 e. The molecule has 0 atom stereocenters. The molecule has 5 heteroatoms. The molecule has 2 aromatic rings. The standard InChI is InChI=1S/C16H18BrN3O/c1-4-9-18-16(21)14-7-5-13(6-8-14)10-20-12(3)15(17)11(2)19-20/h4-8H,1,9-10H2,2-3H3,(H,18,21). The topological polar surface area (TPSA) is 46.9 Å². The maximum absolute atomic E-state index is 11.8. The molecule has 0 bridgehead atoms. The molecule has 0 saturated heterocycles. The number of nitrogens with zero attached hydrogens (tertiary/aromatic N) is 2. The van der Waals surface area contributed by atoms with Crippen LogP contribution in [0.2, 0.25) is 0 Å². The van der Waals surface area contributed by atoms with Crippen molar-refractivity contribution in [2.75, 3.05) is 6.54 Å². The zero-order chi connectivity index (χ0) is 15.4. The number of aryl methyl sites for hydroxylation is 1. The Hall–Kier alpha value is -1.88. The van der Waals surface area contributed by atoms with E-state index < -0.39 is 0 Å². The Labute approximate surface area is 133 Å². The summed E-state index contributed by atoms with van der Waals surface area (Å²) in [5, 5.41) is 7.24. The summed E-state index contributed by atoms with van der Waals surface area (Å²) in [6.45, 7) is 8.74. The van der Waals surface area contributed by atoms with Gasteiger partial charge in [0.15, 0.2) is 0 Å². The number of carbonyl (C=O) groups is 1. The monoisotopic (exact) mass is 347 g/mol. The van der Waals surface area contributed by atoms with E-state index in [0.717, 1.165) is 21.4 Å². The molecule has 21 heavy (non-hydrogen) atoms. The first-order valence-corrected chi connectivity index (χ1v) is 7.49. The number of benzene rings is 1. The van der Waals surface area contributed by atoms with E-state index in [1.165, 1.54) is 0 Å². The zero-order valence-electron chi connectivity index (χ0n) is 12.2. The van der Waals surface area contributed by atoms with Crippen LogP contribution in [-0.4, -0.2) is 22.2 Å². The Kier molecular flexibility index (Phi) is 4.96. The van der Waals surface area contributed by atoms with Crippen LogP contribution in [0.3, 0.4) is 0 Å². The highest BCUT2D eigenvalue weighted by molar-refractivity contribution is 9.10. The van der Waals surface area contributed by atoms with Crippen LogP contribution >= 0.6 is 15.9 Å². The molecule has 0 aliphatic carbocycles. The van der Waals surface area contributed by atoms with Crippen LogP contribution in [0.25, 0.3) is 0 Å².